The minimum Gasteiger partial charge on any atom is -0.361 e. The molecule has 2 rings (SSSR count). The molecule has 0 spiro atoms. The zero-order valence-corrected chi connectivity index (χ0v) is 12.7. The standard InChI is InChI=1S/C15H18N2O2S/c1-10-4-6-13(7-5-10)20-9-8-16-15(18)14-11(2)17-19-12(14)3/h4-7H,8-9H2,1-3H3,(H,16,18). The van der Waals surface area contributed by atoms with Gasteiger partial charge in [0, 0.05) is 17.2 Å². The Labute approximate surface area is 122 Å². The van der Waals surface area contributed by atoms with E-state index in [0.29, 0.717) is 23.6 Å². The Morgan fingerprint density at radius 2 is 1.95 bits per heavy atom. The maximum atomic E-state index is 12.0. The second-order valence-electron chi connectivity index (χ2n) is 4.62. The van der Waals surface area contributed by atoms with Crippen LogP contribution in [0.2, 0.25) is 0 Å². The second-order valence-corrected chi connectivity index (χ2v) is 5.78. The number of amides is 1. The lowest BCUT2D eigenvalue weighted by Gasteiger charge is -2.05. The molecule has 106 valence electrons. The zero-order valence-electron chi connectivity index (χ0n) is 11.9. The lowest BCUT2D eigenvalue weighted by atomic mass is 10.2. The van der Waals surface area contributed by atoms with Gasteiger partial charge in [-0.2, -0.15) is 0 Å². The maximum Gasteiger partial charge on any atom is 0.256 e. The normalized spacial score (nSPS) is 10.6. The van der Waals surface area contributed by atoms with Crippen LogP contribution in [0, 0.1) is 20.8 Å². The molecule has 0 radical (unpaired) electrons. The lowest BCUT2D eigenvalue weighted by molar-refractivity contribution is 0.0954. The van der Waals surface area contributed by atoms with Crippen LogP contribution in [0.3, 0.4) is 0 Å². The molecule has 0 saturated heterocycles. The molecule has 0 aliphatic heterocycles. The predicted octanol–water partition coefficient (Wildman–Crippen LogP) is 3.12. The van der Waals surface area contributed by atoms with Crippen molar-refractivity contribution in [2.24, 2.45) is 0 Å². The fourth-order valence-corrected chi connectivity index (χ4v) is 2.63. The summed E-state index contributed by atoms with van der Waals surface area (Å²) >= 11 is 1.72. The Morgan fingerprint density at radius 1 is 1.25 bits per heavy atom. The molecule has 0 bridgehead atoms. The lowest BCUT2D eigenvalue weighted by Crippen LogP contribution is -2.26. The van der Waals surface area contributed by atoms with Crippen LogP contribution in [0.25, 0.3) is 0 Å². The number of carbonyl (C=O) groups excluding carboxylic acids is 1. The summed E-state index contributed by atoms with van der Waals surface area (Å²) in [5, 5.41) is 6.67. The number of carbonyl (C=O) groups is 1. The topological polar surface area (TPSA) is 55.1 Å². The molecule has 4 nitrogen and oxygen atoms in total. The number of hydrogen-bond donors (Lipinski definition) is 1. The van der Waals surface area contributed by atoms with Crippen molar-refractivity contribution in [1.29, 1.82) is 0 Å². The van der Waals surface area contributed by atoms with Crippen LogP contribution in [0.4, 0.5) is 0 Å². The van der Waals surface area contributed by atoms with Gasteiger partial charge in [-0.05, 0) is 32.9 Å². The van der Waals surface area contributed by atoms with Crippen molar-refractivity contribution in [2.75, 3.05) is 12.3 Å². The molecule has 5 heteroatoms. The highest BCUT2D eigenvalue weighted by molar-refractivity contribution is 7.99. The molecule has 0 atom stereocenters. The quantitative estimate of drug-likeness (QED) is 0.679. The van der Waals surface area contributed by atoms with Gasteiger partial charge in [0.15, 0.2) is 0 Å². The predicted molar refractivity (Wildman–Crippen MR) is 80.2 cm³/mol. The van der Waals surface area contributed by atoms with Crippen molar-refractivity contribution in [3.8, 4) is 0 Å². The van der Waals surface area contributed by atoms with Crippen LogP contribution in [0.1, 0.15) is 27.4 Å². The summed E-state index contributed by atoms with van der Waals surface area (Å²) in [6.07, 6.45) is 0. The minimum atomic E-state index is -0.120. The van der Waals surface area contributed by atoms with E-state index in [1.54, 1.807) is 25.6 Å². The molecule has 1 aromatic carbocycles. The summed E-state index contributed by atoms with van der Waals surface area (Å²) in [5.41, 5.74) is 2.43. The third-order valence-corrected chi connectivity index (χ3v) is 3.95. The van der Waals surface area contributed by atoms with Gasteiger partial charge in [-0.25, -0.2) is 0 Å². The van der Waals surface area contributed by atoms with E-state index in [0.717, 1.165) is 5.75 Å². The highest BCUT2D eigenvalue weighted by Gasteiger charge is 2.16. The fraction of sp³-hybridized carbons (Fsp3) is 0.333. The van der Waals surface area contributed by atoms with E-state index in [-0.39, 0.29) is 5.91 Å². The summed E-state index contributed by atoms with van der Waals surface area (Å²) in [5.74, 6) is 1.27. The van der Waals surface area contributed by atoms with Gasteiger partial charge in [0.05, 0.1) is 5.69 Å². The first-order valence-electron chi connectivity index (χ1n) is 6.48. The van der Waals surface area contributed by atoms with E-state index < -0.39 is 0 Å². The molecule has 1 aromatic heterocycles. The Balaban J connectivity index is 1.79. The Kier molecular flexibility index (Phi) is 4.84. The van der Waals surface area contributed by atoms with Crippen LogP contribution < -0.4 is 5.32 Å². The highest BCUT2D eigenvalue weighted by atomic mass is 32.2. The molecular formula is C15H18N2O2S. The van der Waals surface area contributed by atoms with Gasteiger partial charge in [-0.3, -0.25) is 4.79 Å². The number of nitrogens with zero attached hydrogens (tertiary/aromatic N) is 1. The van der Waals surface area contributed by atoms with E-state index in [1.165, 1.54) is 10.5 Å². The average molecular weight is 290 g/mol. The van der Waals surface area contributed by atoms with E-state index >= 15 is 0 Å². The van der Waals surface area contributed by atoms with Crippen molar-refractivity contribution >= 4 is 17.7 Å². The molecule has 2 aromatic rings. The highest BCUT2D eigenvalue weighted by Crippen LogP contribution is 2.17. The molecule has 20 heavy (non-hydrogen) atoms. The fourth-order valence-electron chi connectivity index (χ4n) is 1.86. The van der Waals surface area contributed by atoms with Gasteiger partial charge in [0.1, 0.15) is 11.3 Å². The molecule has 0 fully saturated rings. The summed E-state index contributed by atoms with van der Waals surface area (Å²) in [7, 11) is 0. The maximum absolute atomic E-state index is 12.0. The van der Waals surface area contributed by atoms with Gasteiger partial charge < -0.3 is 9.84 Å². The molecule has 0 aliphatic carbocycles. The summed E-state index contributed by atoms with van der Waals surface area (Å²) < 4.78 is 4.99. The van der Waals surface area contributed by atoms with Crippen molar-refractivity contribution < 1.29 is 9.32 Å². The molecule has 1 heterocycles. The van der Waals surface area contributed by atoms with Crippen molar-refractivity contribution in [1.82, 2.24) is 10.5 Å². The van der Waals surface area contributed by atoms with Gasteiger partial charge in [-0.15, -0.1) is 11.8 Å². The number of rotatable bonds is 5. The summed E-state index contributed by atoms with van der Waals surface area (Å²) in [6, 6.07) is 8.36. The van der Waals surface area contributed by atoms with Gasteiger partial charge in [-0.1, -0.05) is 22.9 Å². The molecule has 1 amide bonds. The van der Waals surface area contributed by atoms with E-state index in [2.05, 4.69) is 41.7 Å². The second kappa shape index (κ2) is 6.61. The molecule has 0 saturated carbocycles. The molecule has 0 unspecified atom stereocenters. The van der Waals surface area contributed by atoms with E-state index in [9.17, 15) is 4.79 Å². The third kappa shape index (κ3) is 3.63. The Morgan fingerprint density at radius 3 is 2.55 bits per heavy atom. The number of aryl methyl sites for hydroxylation is 3. The molecule has 1 N–H and O–H groups in total. The number of nitrogens with one attached hydrogen (secondary N) is 1. The van der Waals surface area contributed by atoms with Crippen LogP contribution >= 0.6 is 11.8 Å². The first-order chi connectivity index (χ1) is 9.58. The summed E-state index contributed by atoms with van der Waals surface area (Å²) in [6.45, 7) is 6.20. The number of aromatic nitrogens is 1. The summed E-state index contributed by atoms with van der Waals surface area (Å²) in [4.78, 5) is 13.2. The van der Waals surface area contributed by atoms with Crippen LogP contribution in [0.15, 0.2) is 33.7 Å². The average Bonchev–Trinajstić information content (AvgIpc) is 2.76. The smallest absolute Gasteiger partial charge is 0.256 e. The molecule has 0 aliphatic rings. The first kappa shape index (κ1) is 14.7. The van der Waals surface area contributed by atoms with Gasteiger partial charge >= 0.3 is 0 Å². The van der Waals surface area contributed by atoms with Crippen LogP contribution in [-0.2, 0) is 0 Å². The van der Waals surface area contributed by atoms with E-state index in [4.69, 9.17) is 4.52 Å². The van der Waals surface area contributed by atoms with Crippen molar-refractivity contribution in [3.05, 3.63) is 46.8 Å². The van der Waals surface area contributed by atoms with Gasteiger partial charge in [0.25, 0.3) is 5.91 Å². The van der Waals surface area contributed by atoms with Crippen LogP contribution in [0.5, 0.6) is 0 Å². The Bertz CT molecular complexity index is 571. The molecular weight excluding hydrogens is 272 g/mol. The van der Waals surface area contributed by atoms with Crippen LogP contribution in [-0.4, -0.2) is 23.4 Å². The number of thioether (sulfide) groups is 1. The Hall–Kier alpha value is -1.75. The monoisotopic (exact) mass is 290 g/mol. The first-order valence-corrected chi connectivity index (χ1v) is 7.47. The van der Waals surface area contributed by atoms with Crippen molar-refractivity contribution in [3.63, 3.8) is 0 Å². The third-order valence-electron chi connectivity index (χ3n) is 2.94. The minimum absolute atomic E-state index is 0.120. The van der Waals surface area contributed by atoms with E-state index in [1.807, 2.05) is 0 Å². The van der Waals surface area contributed by atoms with Gasteiger partial charge in [0.2, 0.25) is 0 Å². The SMILES string of the molecule is Cc1ccc(SCCNC(=O)c2c(C)noc2C)cc1. The largest absolute Gasteiger partial charge is 0.361 e. The zero-order chi connectivity index (χ0) is 14.5. The number of benzene rings is 1. The number of hydrogen-bond acceptors (Lipinski definition) is 4. The van der Waals surface area contributed by atoms with Crippen molar-refractivity contribution in [2.45, 2.75) is 25.7 Å².